The number of rotatable bonds is 6. The molecule has 0 fully saturated rings. The number of anilines is 1. The quantitative estimate of drug-likeness (QED) is 0.719. The van der Waals surface area contributed by atoms with Crippen LogP contribution in [0.1, 0.15) is 15.9 Å². The van der Waals surface area contributed by atoms with Crippen LogP contribution in [0.15, 0.2) is 78.9 Å². The van der Waals surface area contributed by atoms with E-state index in [0.29, 0.717) is 12.1 Å². The second kappa shape index (κ2) is 8.34. The summed E-state index contributed by atoms with van der Waals surface area (Å²) >= 11 is 0. The number of benzene rings is 3. The average Bonchev–Trinajstić information content (AvgIpc) is 2.69. The molecule has 3 heteroatoms. The van der Waals surface area contributed by atoms with Gasteiger partial charge < -0.3 is 10.2 Å². The van der Waals surface area contributed by atoms with Crippen LogP contribution in [0.4, 0.5) is 5.69 Å². The molecule has 0 aliphatic rings. The minimum absolute atomic E-state index is 0.0328. The molecule has 0 saturated carbocycles. The maximum atomic E-state index is 12.3. The molecule has 1 amide bonds. The Bertz CT molecular complexity index is 838. The summed E-state index contributed by atoms with van der Waals surface area (Å²) in [5, 5.41) is 2.99. The van der Waals surface area contributed by atoms with Gasteiger partial charge in [-0.05, 0) is 47.4 Å². The van der Waals surface area contributed by atoms with Crippen molar-refractivity contribution in [2.45, 2.75) is 6.42 Å². The highest BCUT2D eigenvalue weighted by Gasteiger charge is 2.06. The third kappa shape index (κ3) is 4.51. The smallest absolute Gasteiger partial charge is 0.251 e. The van der Waals surface area contributed by atoms with Crippen molar-refractivity contribution in [3.05, 3.63) is 90.0 Å². The molecule has 0 radical (unpaired) electrons. The molecule has 3 nitrogen and oxygen atoms in total. The van der Waals surface area contributed by atoms with Crippen molar-refractivity contribution in [3.8, 4) is 11.1 Å². The third-order valence-electron chi connectivity index (χ3n) is 4.41. The molecule has 0 bridgehead atoms. The van der Waals surface area contributed by atoms with Crippen molar-refractivity contribution >= 4 is 11.6 Å². The SMILES string of the molecule is CN(C)c1ccc(CCNC(=O)c2ccc(-c3ccccc3)cc2)cc1. The summed E-state index contributed by atoms with van der Waals surface area (Å²) in [6.07, 6.45) is 0.821. The van der Waals surface area contributed by atoms with Gasteiger partial charge >= 0.3 is 0 Å². The van der Waals surface area contributed by atoms with Crippen molar-refractivity contribution in [2.24, 2.45) is 0 Å². The van der Waals surface area contributed by atoms with E-state index in [9.17, 15) is 4.79 Å². The second-order valence-electron chi connectivity index (χ2n) is 6.51. The molecule has 3 aromatic rings. The molecular weight excluding hydrogens is 320 g/mol. The first-order valence-corrected chi connectivity index (χ1v) is 8.83. The normalized spacial score (nSPS) is 10.4. The van der Waals surface area contributed by atoms with E-state index in [4.69, 9.17) is 0 Å². The molecule has 0 aliphatic carbocycles. The van der Waals surface area contributed by atoms with Crippen LogP contribution in [0.5, 0.6) is 0 Å². The van der Waals surface area contributed by atoms with Crippen molar-refractivity contribution in [3.63, 3.8) is 0 Å². The van der Waals surface area contributed by atoms with Gasteiger partial charge in [0.25, 0.3) is 5.91 Å². The molecule has 3 aromatic carbocycles. The maximum Gasteiger partial charge on any atom is 0.251 e. The first-order valence-electron chi connectivity index (χ1n) is 8.83. The summed E-state index contributed by atoms with van der Waals surface area (Å²) in [7, 11) is 4.05. The van der Waals surface area contributed by atoms with E-state index < -0.39 is 0 Å². The van der Waals surface area contributed by atoms with Gasteiger partial charge in [-0.15, -0.1) is 0 Å². The van der Waals surface area contributed by atoms with Gasteiger partial charge in [0.05, 0.1) is 0 Å². The topological polar surface area (TPSA) is 32.3 Å². The van der Waals surface area contributed by atoms with Crippen molar-refractivity contribution in [2.75, 3.05) is 25.5 Å². The molecule has 0 aromatic heterocycles. The Labute approximate surface area is 155 Å². The maximum absolute atomic E-state index is 12.3. The molecule has 1 N–H and O–H groups in total. The summed E-state index contributed by atoms with van der Waals surface area (Å²) in [6.45, 7) is 0.626. The van der Waals surface area contributed by atoms with Crippen LogP contribution in [0.2, 0.25) is 0 Å². The Morgan fingerprint density at radius 2 is 1.42 bits per heavy atom. The molecule has 26 heavy (non-hydrogen) atoms. The number of hydrogen-bond donors (Lipinski definition) is 1. The Morgan fingerprint density at radius 1 is 0.808 bits per heavy atom. The predicted octanol–water partition coefficient (Wildman–Crippen LogP) is 4.39. The summed E-state index contributed by atoms with van der Waals surface area (Å²) in [5.41, 5.74) is 5.35. The van der Waals surface area contributed by atoms with Crippen LogP contribution in [0.25, 0.3) is 11.1 Å². The molecule has 0 atom stereocenters. The van der Waals surface area contributed by atoms with E-state index >= 15 is 0 Å². The first-order chi connectivity index (χ1) is 12.6. The Morgan fingerprint density at radius 3 is 2.04 bits per heavy atom. The molecule has 132 valence electrons. The van der Waals surface area contributed by atoms with Crippen molar-refractivity contribution in [1.29, 1.82) is 0 Å². The average molecular weight is 344 g/mol. The lowest BCUT2D eigenvalue weighted by Gasteiger charge is -2.12. The Hall–Kier alpha value is -3.07. The minimum atomic E-state index is -0.0328. The number of nitrogens with one attached hydrogen (secondary N) is 1. The Kier molecular flexibility index (Phi) is 5.69. The van der Waals surface area contributed by atoms with Crippen molar-refractivity contribution in [1.82, 2.24) is 5.32 Å². The lowest BCUT2D eigenvalue weighted by Crippen LogP contribution is -2.25. The highest BCUT2D eigenvalue weighted by Crippen LogP contribution is 2.19. The highest BCUT2D eigenvalue weighted by atomic mass is 16.1. The molecule has 0 saturated heterocycles. The zero-order chi connectivity index (χ0) is 18.4. The van der Waals surface area contributed by atoms with Gasteiger partial charge in [-0.3, -0.25) is 4.79 Å². The number of hydrogen-bond acceptors (Lipinski definition) is 2. The molecule has 3 rings (SSSR count). The highest BCUT2D eigenvalue weighted by molar-refractivity contribution is 5.94. The number of carbonyl (C=O) groups is 1. The zero-order valence-corrected chi connectivity index (χ0v) is 15.3. The second-order valence-corrected chi connectivity index (χ2v) is 6.51. The summed E-state index contributed by atoms with van der Waals surface area (Å²) < 4.78 is 0. The van der Waals surface area contributed by atoms with Crippen LogP contribution in [0, 0.1) is 0 Å². The van der Waals surface area contributed by atoms with Gasteiger partial charge in [-0.25, -0.2) is 0 Å². The van der Waals surface area contributed by atoms with E-state index in [2.05, 4.69) is 46.6 Å². The van der Waals surface area contributed by atoms with Gasteiger partial charge in [0.15, 0.2) is 0 Å². The van der Waals surface area contributed by atoms with Gasteiger partial charge in [0, 0.05) is 31.9 Å². The van der Waals surface area contributed by atoms with Crippen LogP contribution in [0.3, 0.4) is 0 Å². The lowest BCUT2D eigenvalue weighted by atomic mass is 10.0. The van der Waals surface area contributed by atoms with E-state index in [-0.39, 0.29) is 5.91 Å². The van der Waals surface area contributed by atoms with E-state index in [1.54, 1.807) is 0 Å². The van der Waals surface area contributed by atoms with E-state index in [0.717, 1.165) is 17.5 Å². The fourth-order valence-electron chi connectivity index (χ4n) is 2.83. The standard InChI is InChI=1S/C23H24N2O/c1-25(2)22-14-8-18(9-15-22)16-17-24-23(26)21-12-10-20(11-13-21)19-6-4-3-5-7-19/h3-15H,16-17H2,1-2H3,(H,24,26). The fourth-order valence-corrected chi connectivity index (χ4v) is 2.83. The summed E-state index contributed by atoms with van der Waals surface area (Å²) in [5.74, 6) is -0.0328. The first kappa shape index (κ1) is 17.7. The largest absolute Gasteiger partial charge is 0.378 e. The van der Waals surface area contributed by atoms with Gasteiger partial charge in [-0.2, -0.15) is 0 Å². The molecule has 0 aliphatic heterocycles. The lowest BCUT2D eigenvalue weighted by molar-refractivity contribution is 0.0954. The van der Waals surface area contributed by atoms with E-state index in [1.165, 1.54) is 11.3 Å². The van der Waals surface area contributed by atoms with Gasteiger partial charge in [0.2, 0.25) is 0 Å². The van der Waals surface area contributed by atoms with Crippen LogP contribution < -0.4 is 10.2 Å². The fraction of sp³-hybridized carbons (Fsp3) is 0.174. The number of nitrogens with zero attached hydrogens (tertiary/aromatic N) is 1. The Balaban J connectivity index is 1.53. The monoisotopic (exact) mass is 344 g/mol. The van der Waals surface area contributed by atoms with Crippen LogP contribution in [-0.2, 0) is 6.42 Å². The van der Waals surface area contributed by atoms with Gasteiger partial charge in [0.1, 0.15) is 0 Å². The zero-order valence-electron chi connectivity index (χ0n) is 15.3. The van der Waals surface area contributed by atoms with Crippen molar-refractivity contribution < 1.29 is 4.79 Å². The number of amides is 1. The third-order valence-corrected chi connectivity index (χ3v) is 4.41. The van der Waals surface area contributed by atoms with Crippen LogP contribution in [-0.4, -0.2) is 26.5 Å². The predicted molar refractivity (Wildman–Crippen MR) is 109 cm³/mol. The number of carbonyl (C=O) groups excluding carboxylic acids is 1. The summed E-state index contributed by atoms with van der Waals surface area (Å²) in [6, 6.07) is 26.3. The molecule has 0 unspecified atom stereocenters. The van der Waals surface area contributed by atoms with E-state index in [1.807, 2.05) is 56.6 Å². The molecular formula is C23H24N2O. The van der Waals surface area contributed by atoms with Crippen LogP contribution >= 0.6 is 0 Å². The molecule has 0 spiro atoms. The minimum Gasteiger partial charge on any atom is -0.378 e. The molecule has 0 heterocycles. The van der Waals surface area contributed by atoms with Gasteiger partial charge in [-0.1, -0.05) is 54.6 Å². The summed E-state index contributed by atoms with van der Waals surface area (Å²) in [4.78, 5) is 14.4.